The van der Waals surface area contributed by atoms with Crippen LogP contribution in [-0.2, 0) is 6.18 Å². The molecule has 0 radical (unpaired) electrons. The van der Waals surface area contributed by atoms with Crippen LogP contribution in [0.2, 0.25) is 0 Å². The fourth-order valence-corrected chi connectivity index (χ4v) is 9.04. The summed E-state index contributed by atoms with van der Waals surface area (Å²) in [6.45, 7) is 16.9. The minimum Gasteiger partial charge on any atom is -0.308 e. The Morgan fingerprint density at radius 1 is 0.508 bits per heavy atom. The molecule has 0 saturated heterocycles. The Morgan fingerprint density at radius 2 is 1.08 bits per heavy atom. The second-order valence-electron chi connectivity index (χ2n) is 15.7. The van der Waals surface area contributed by atoms with Gasteiger partial charge in [0.1, 0.15) is 11.6 Å². The largest absolute Gasteiger partial charge is 0.416 e. The molecule has 10 aromatic rings. The molecular weight excluding hydrogens is 816 g/mol. The van der Waals surface area contributed by atoms with E-state index in [1.165, 1.54) is 0 Å². The highest BCUT2D eigenvalue weighted by molar-refractivity contribution is 6.13. The highest BCUT2D eigenvalue weighted by Crippen LogP contribution is 2.44. The van der Waals surface area contributed by atoms with Crippen LogP contribution in [0.5, 0.6) is 0 Å². The molecule has 10 heteroatoms. The fraction of sp³-hybridized carbons (Fsp3) is 0.0364. The van der Waals surface area contributed by atoms with Crippen LogP contribution >= 0.6 is 0 Å². The van der Waals surface area contributed by atoms with Crippen molar-refractivity contribution < 1.29 is 13.2 Å². The van der Waals surface area contributed by atoms with Gasteiger partial charge in [-0.05, 0) is 125 Å². The summed E-state index contributed by atoms with van der Waals surface area (Å²) in [6.07, 6.45) is -4.61. The Balaban J connectivity index is 1.29. The number of halogens is 3. The maximum atomic E-state index is 14.5. The molecular formula is C55H28F3N7. The van der Waals surface area contributed by atoms with E-state index in [2.05, 4.69) is 27.9 Å². The van der Waals surface area contributed by atoms with Crippen molar-refractivity contribution in [3.8, 4) is 63.0 Å². The summed E-state index contributed by atoms with van der Waals surface area (Å²) >= 11 is 0. The van der Waals surface area contributed by atoms with Gasteiger partial charge in [-0.15, -0.1) is 0 Å². The first kappa shape index (κ1) is 39.7. The minimum absolute atomic E-state index is 0.264. The van der Waals surface area contributed by atoms with Crippen molar-refractivity contribution >= 4 is 55.0 Å². The van der Waals surface area contributed by atoms with Crippen LogP contribution in [0.15, 0.2) is 152 Å². The van der Waals surface area contributed by atoms with Crippen molar-refractivity contribution in [2.24, 2.45) is 0 Å². The molecule has 304 valence electrons. The number of nitrogens with zero attached hydrogens (tertiary/aromatic N) is 7. The molecule has 0 unspecified atom stereocenters. The van der Waals surface area contributed by atoms with Gasteiger partial charge in [-0.1, -0.05) is 72.8 Å². The van der Waals surface area contributed by atoms with Gasteiger partial charge in [0.05, 0.1) is 64.3 Å². The lowest BCUT2D eigenvalue weighted by molar-refractivity contribution is -0.137. The molecule has 2 aromatic heterocycles. The Kier molecular flexibility index (Phi) is 9.29. The molecule has 0 amide bonds. The summed E-state index contributed by atoms with van der Waals surface area (Å²) < 4.78 is 47.3. The summed E-state index contributed by atoms with van der Waals surface area (Å²) in [5.41, 5.74) is 8.66. The normalized spacial score (nSPS) is 11.3. The Morgan fingerprint density at radius 3 is 1.63 bits per heavy atom. The highest BCUT2D eigenvalue weighted by atomic mass is 19.4. The van der Waals surface area contributed by atoms with E-state index >= 15 is 0 Å². The van der Waals surface area contributed by atoms with Crippen molar-refractivity contribution in [3.05, 3.63) is 202 Å². The number of hydrogen-bond acceptors (Lipinski definition) is 3. The van der Waals surface area contributed by atoms with E-state index in [0.717, 1.165) is 66.9 Å². The first-order valence-electron chi connectivity index (χ1n) is 20.2. The van der Waals surface area contributed by atoms with E-state index in [4.69, 9.17) is 13.1 Å². The third-order valence-electron chi connectivity index (χ3n) is 11.9. The lowest BCUT2D eigenvalue weighted by atomic mass is 9.96. The predicted molar refractivity (Wildman–Crippen MR) is 248 cm³/mol. The SMILES string of the molecule is [C-]#[N+]c1ccc(-c2ccc3c(c2)c2ccccc2n3-c2cc(-c3cc(C)cc(C(F)(F)F)c3)cc(-n3c4ccccc4c4cc(-c5ccc(C#N)cc5[N+]#[C-])ccc43)c2C#N)c(C#N)c1. The molecule has 0 saturated carbocycles. The standard InChI is InChI=1S/C55H28F3N7/c1-32-20-36(23-39(21-32)55(56,57)58)37-27-53(64-49-10-6-4-8-43(49)45-25-34(13-18-51(45)64)41-17-15-40(62-2)24-38(41)30-60)47(31-61)54(28-37)65-50-11-7-5-9-44(50)46-26-35(14-19-52(46)65)42-16-12-33(29-59)22-48(42)63-3/h4-28H,1H3. The van der Waals surface area contributed by atoms with Crippen molar-refractivity contribution in [1.82, 2.24) is 9.13 Å². The average molecular weight is 844 g/mol. The summed E-state index contributed by atoms with van der Waals surface area (Å²) in [7, 11) is 0. The van der Waals surface area contributed by atoms with Crippen LogP contribution in [0.4, 0.5) is 24.5 Å². The number of nitriles is 3. The first-order chi connectivity index (χ1) is 31.5. The van der Waals surface area contributed by atoms with Crippen molar-refractivity contribution in [3.63, 3.8) is 0 Å². The maximum absolute atomic E-state index is 14.5. The number of aromatic nitrogens is 2. The van der Waals surface area contributed by atoms with Gasteiger partial charge < -0.3 is 9.13 Å². The van der Waals surface area contributed by atoms with E-state index in [0.29, 0.717) is 61.7 Å². The van der Waals surface area contributed by atoms with Crippen LogP contribution in [0.25, 0.3) is 98.1 Å². The lowest BCUT2D eigenvalue weighted by Crippen LogP contribution is -2.07. The monoisotopic (exact) mass is 843 g/mol. The van der Waals surface area contributed by atoms with Crippen molar-refractivity contribution in [1.29, 1.82) is 15.8 Å². The summed E-state index contributed by atoms with van der Waals surface area (Å²) in [6, 6.07) is 51.3. The van der Waals surface area contributed by atoms with Crippen LogP contribution in [0, 0.1) is 54.1 Å². The van der Waals surface area contributed by atoms with Crippen molar-refractivity contribution in [2.75, 3.05) is 0 Å². The summed E-state index contributed by atoms with van der Waals surface area (Å²) in [5, 5.41) is 34.3. The Hall–Kier alpha value is -9.40. The number of alkyl halides is 3. The first-order valence-corrected chi connectivity index (χ1v) is 20.2. The molecule has 0 bridgehead atoms. The summed E-state index contributed by atoms with van der Waals surface area (Å²) in [4.78, 5) is 7.20. The van der Waals surface area contributed by atoms with E-state index in [9.17, 15) is 29.0 Å². The number of rotatable bonds is 5. The van der Waals surface area contributed by atoms with Gasteiger partial charge in [0.25, 0.3) is 0 Å². The van der Waals surface area contributed by atoms with Crippen LogP contribution in [0.1, 0.15) is 27.8 Å². The second kappa shape index (κ2) is 15.2. The van der Waals surface area contributed by atoms with Crippen LogP contribution in [-0.4, -0.2) is 9.13 Å². The third kappa shape index (κ3) is 6.49. The van der Waals surface area contributed by atoms with Gasteiger partial charge in [-0.25, -0.2) is 9.69 Å². The lowest BCUT2D eigenvalue weighted by Gasteiger charge is -2.19. The number of fused-ring (bicyclic) bond motifs is 6. The van der Waals surface area contributed by atoms with E-state index in [1.807, 2.05) is 94.1 Å². The fourth-order valence-electron chi connectivity index (χ4n) is 9.04. The van der Waals surface area contributed by atoms with Gasteiger partial charge in [-0.2, -0.15) is 29.0 Å². The average Bonchev–Trinajstić information content (AvgIpc) is 3.84. The molecule has 0 aliphatic rings. The number of para-hydroxylation sites is 2. The topological polar surface area (TPSA) is 89.9 Å². The molecule has 0 atom stereocenters. The van der Waals surface area contributed by atoms with Gasteiger partial charge in [0.15, 0.2) is 11.4 Å². The zero-order valence-corrected chi connectivity index (χ0v) is 34.2. The number of hydrogen-bond donors (Lipinski definition) is 0. The Bertz CT molecular complexity index is 3690. The molecule has 0 spiro atoms. The molecule has 0 aliphatic carbocycles. The molecule has 0 aliphatic heterocycles. The molecule has 2 heterocycles. The van der Waals surface area contributed by atoms with Crippen LogP contribution in [0.3, 0.4) is 0 Å². The summed E-state index contributed by atoms with van der Waals surface area (Å²) in [5.74, 6) is 0. The predicted octanol–water partition coefficient (Wildman–Crippen LogP) is 14.9. The molecule has 0 fully saturated rings. The molecule has 0 N–H and O–H groups in total. The smallest absolute Gasteiger partial charge is 0.308 e. The zero-order valence-electron chi connectivity index (χ0n) is 34.2. The molecule has 10 rings (SSSR count). The minimum atomic E-state index is -4.61. The highest BCUT2D eigenvalue weighted by Gasteiger charge is 2.31. The molecule has 65 heavy (non-hydrogen) atoms. The van der Waals surface area contributed by atoms with Crippen LogP contribution < -0.4 is 0 Å². The molecule has 8 aromatic carbocycles. The number of aryl methyl sites for hydroxylation is 1. The van der Waals surface area contributed by atoms with Gasteiger partial charge in [0.2, 0.25) is 0 Å². The quantitative estimate of drug-likeness (QED) is 0.162. The van der Waals surface area contributed by atoms with Gasteiger partial charge >= 0.3 is 6.18 Å². The second-order valence-corrected chi connectivity index (χ2v) is 15.7. The zero-order chi connectivity index (χ0) is 45.1. The Labute approximate surface area is 370 Å². The number of benzene rings is 8. The maximum Gasteiger partial charge on any atom is 0.416 e. The third-order valence-corrected chi connectivity index (χ3v) is 11.9. The van der Waals surface area contributed by atoms with E-state index < -0.39 is 11.7 Å². The van der Waals surface area contributed by atoms with E-state index in [1.54, 1.807) is 61.5 Å². The van der Waals surface area contributed by atoms with Crippen molar-refractivity contribution in [2.45, 2.75) is 13.1 Å². The van der Waals surface area contributed by atoms with Gasteiger partial charge in [0, 0.05) is 32.7 Å². The molecule has 7 nitrogen and oxygen atoms in total. The van der Waals surface area contributed by atoms with E-state index in [-0.39, 0.29) is 5.56 Å². The van der Waals surface area contributed by atoms with Gasteiger partial charge in [-0.3, -0.25) is 0 Å².